The van der Waals surface area contributed by atoms with E-state index in [1.807, 2.05) is 54.6 Å². The highest BCUT2D eigenvalue weighted by Crippen LogP contribution is 2.20. The highest BCUT2D eigenvalue weighted by atomic mass is 16.5. The number of amides is 1. The van der Waals surface area contributed by atoms with Gasteiger partial charge in [-0.1, -0.05) is 42.5 Å². The number of hydrogen-bond donors (Lipinski definition) is 3. The van der Waals surface area contributed by atoms with E-state index < -0.39 is 6.10 Å². The molecule has 1 aliphatic rings. The second kappa shape index (κ2) is 7.95. The molecule has 0 spiro atoms. The molecule has 24 heavy (non-hydrogen) atoms. The number of aliphatic hydroxyl groups excluding tert-OH is 1. The zero-order valence-electron chi connectivity index (χ0n) is 13.4. The second-order valence-electron chi connectivity index (χ2n) is 5.96. The molecule has 0 aliphatic carbocycles. The van der Waals surface area contributed by atoms with Gasteiger partial charge in [0.25, 0.3) is 0 Å². The molecule has 1 atom stereocenters. The molecule has 0 saturated carbocycles. The van der Waals surface area contributed by atoms with E-state index in [2.05, 4.69) is 10.6 Å². The first-order valence-electron chi connectivity index (χ1n) is 8.15. The molecule has 3 N–H and O–H groups in total. The summed E-state index contributed by atoms with van der Waals surface area (Å²) in [7, 11) is 0. The van der Waals surface area contributed by atoms with Crippen LogP contribution in [0.15, 0.2) is 54.6 Å². The molecule has 0 aromatic heterocycles. The summed E-state index contributed by atoms with van der Waals surface area (Å²) in [4.78, 5) is 11.8. The van der Waals surface area contributed by atoms with E-state index in [9.17, 15) is 9.90 Å². The van der Waals surface area contributed by atoms with Crippen LogP contribution in [0.4, 0.5) is 0 Å². The maximum absolute atomic E-state index is 11.8. The molecule has 1 heterocycles. The summed E-state index contributed by atoms with van der Waals surface area (Å²) in [6.45, 7) is 2.11. The lowest BCUT2D eigenvalue weighted by molar-refractivity contribution is -0.126. The van der Waals surface area contributed by atoms with Gasteiger partial charge < -0.3 is 20.5 Å². The fourth-order valence-electron chi connectivity index (χ4n) is 2.49. The fraction of sp³-hybridized carbons (Fsp3) is 0.316. The normalized spacial score (nSPS) is 15.4. The van der Waals surface area contributed by atoms with E-state index in [0.29, 0.717) is 25.4 Å². The predicted molar refractivity (Wildman–Crippen MR) is 91.5 cm³/mol. The number of ether oxygens (including phenoxy) is 1. The third kappa shape index (κ3) is 4.34. The molecule has 3 rings (SSSR count). The number of hydrogen-bond acceptors (Lipinski definition) is 4. The van der Waals surface area contributed by atoms with Gasteiger partial charge in [-0.25, -0.2) is 0 Å². The quantitative estimate of drug-likeness (QED) is 0.723. The summed E-state index contributed by atoms with van der Waals surface area (Å²) in [5.41, 5.74) is 1.82. The minimum absolute atomic E-state index is 0.00992. The van der Waals surface area contributed by atoms with Crippen molar-refractivity contribution in [2.24, 2.45) is 5.92 Å². The summed E-state index contributed by atoms with van der Waals surface area (Å²) < 4.78 is 5.77. The molecule has 1 amide bonds. The topological polar surface area (TPSA) is 70.6 Å². The Bertz CT molecular complexity index is 671. The van der Waals surface area contributed by atoms with Crippen molar-refractivity contribution in [3.8, 4) is 5.75 Å². The number of aliphatic hydroxyl groups is 1. The molecule has 1 fully saturated rings. The van der Waals surface area contributed by atoms with Gasteiger partial charge in [-0.05, 0) is 23.3 Å². The summed E-state index contributed by atoms with van der Waals surface area (Å²) >= 11 is 0. The molecule has 0 radical (unpaired) electrons. The van der Waals surface area contributed by atoms with Gasteiger partial charge in [0.1, 0.15) is 12.4 Å². The molecule has 126 valence electrons. The first-order valence-corrected chi connectivity index (χ1v) is 8.15. The molecule has 1 aliphatic heterocycles. The predicted octanol–water partition coefficient (Wildman–Crippen LogP) is 1.63. The molecule has 5 nitrogen and oxygen atoms in total. The maximum atomic E-state index is 11.8. The van der Waals surface area contributed by atoms with Crippen molar-refractivity contribution in [1.29, 1.82) is 0 Å². The van der Waals surface area contributed by atoms with Crippen LogP contribution in [-0.2, 0) is 11.4 Å². The van der Waals surface area contributed by atoms with Crippen molar-refractivity contribution in [2.45, 2.75) is 12.7 Å². The second-order valence-corrected chi connectivity index (χ2v) is 5.96. The highest BCUT2D eigenvalue weighted by molar-refractivity contribution is 5.80. The third-order valence-electron chi connectivity index (χ3n) is 4.11. The average Bonchev–Trinajstić information content (AvgIpc) is 2.57. The van der Waals surface area contributed by atoms with Gasteiger partial charge in [0.2, 0.25) is 5.91 Å². The highest BCUT2D eigenvalue weighted by Gasteiger charge is 2.25. The zero-order chi connectivity index (χ0) is 16.8. The Morgan fingerprint density at radius 3 is 2.71 bits per heavy atom. The summed E-state index contributed by atoms with van der Waals surface area (Å²) in [5.74, 6) is 0.715. The maximum Gasteiger partial charge on any atom is 0.225 e. The molecule has 0 bridgehead atoms. The van der Waals surface area contributed by atoms with E-state index in [4.69, 9.17) is 4.74 Å². The Hall–Kier alpha value is -2.37. The average molecular weight is 326 g/mol. The monoisotopic (exact) mass is 326 g/mol. The van der Waals surface area contributed by atoms with Crippen molar-refractivity contribution in [2.75, 3.05) is 19.6 Å². The summed E-state index contributed by atoms with van der Waals surface area (Å²) in [6, 6.07) is 17.3. The van der Waals surface area contributed by atoms with Gasteiger partial charge >= 0.3 is 0 Å². The SMILES string of the molecule is O=C(NCC(O)c1cccc(OCc2ccccc2)c1)C1CNC1. The van der Waals surface area contributed by atoms with Crippen LogP contribution in [0, 0.1) is 5.92 Å². The lowest BCUT2D eigenvalue weighted by atomic mass is 10.0. The van der Waals surface area contributed by atoms with Crippen LogP contribution in [0.25, 0.3) is 0 Å². The lowest BCUT2D eigenvalue weighted by Gasteiger charge is -2.26. The smallest absolute Gasteiger partial charge is 0.225 e. The number of carbonyl (C=O) groups is 1. The Balaban J connectivity index is 1.52. The Labute approximate surface area is 141 Å². The van der Waals surface area contributed by atoms with Crippen LogP contribution in [0.1, 0.15) is 17.2 Å². The fourth-order valence-corrected chi connectivity index (χ4v) is 2.49. The molecule has 1 saturated heterocycles. The van der Waals surface area contributed by atoms with Gasteiger partial charge in [0.15, 0.2) is 0 Å². The molecule has 2 aromatic carbocycles. The number of carbonyl (C=O) groups excluding carboxylic acids is 1. The van der Waals surface area contributed by atoms with Crippen molar-refractivity contribution >= 4 is 5.91 Å². The summed E-state index contributed by atoms with van der Waals surface area (Å²) in [5, 5.41) is 16.1. The van der Waals surface area contributed by atoms with E-state index in [1.165, 1.54) is 0 Å². The van der Waals surface area contributed by atoms with Crippen molar-refractivity contribution in [3.05, 3.63) is 65.7 Å². The molecular formula is C19H22N2O3. The van der Waals surface area contributed by atoms with Crippen LogP contribution in [0.5, 0.6) is 5.75 Å². The number of rotatable bonds is 7. The third-order valence-corrected chi connectivity index (χ3v) is 4.11. The van der Waals surface area contributed by atoms with E-state index in [-0.39, 0.29) is 18.4 Å². The molecular weight excluding hydrogens is 304 g/mol. The Morgan fingerprint density at radius 2 is 2.00 bits per heavy atom. The minimum Gasteiger partial charge on any atom is -0.489 e. The minimum atomic E-state index is -0.748. The lowest BCUT2D eigenvalue weighted by Crippen LogP contribution is -2.51. The molecule has 1 unspecified atom stereocenters. The van der Waals surface area contributed by atoms with Gasteiger partial charge in [-0.2, -0.15) is 0 Å². The summed E-state index contributed by atoms with van der Waals surface area (Å²) in [6.07, 6.45) is -0.748. The van der Waals surface area contributed by atoms with Crippen molar-refractivity contribution in [1.82, 2.24) is 10.6 Å². The van der Waals surface area contributed by atoms with Crippen LogP contribution in [0.3, 0.4) is 0 Å². The largest absolute Gasteiger partial charge is 0.489 e. The Morgan fingerprint density at radius 1 is 1.21 bits per heavy atom. The van der Waals surface area contributed by atoms with Crippen LogP contribution >= 0.6 is 0 Å². The van der Waals surface area contributed by atoms with Crippen LogP contribution in [-0.4, -0.2) is 30.6 Å². The molecule has 5 heteroatoms. The van der Waals surface area contributed by atoms with Gasteiger partial charge in [-0.3, -0.25) is 4.79 Å². The van der Waals surface area contributed by atoms with Crippen LogP contribution < -0.4 is 15.4 Å². The van der Waals surface area contributed by atoms with E-state index >= 15 is 0 Å². The first kappa shape index (κ1) is 16.5. The van der Waals surface area contributed by atoms with Crippen molar-refractivity contribution in [3.63, 3.8) is 0 Å². The first-order chi connectivity index (χ1) is 11.7. The zero-order valence-corrected chi connectivity index (χ0v) is 13.4. The Kier molecular flexibility index (Phi) is 5.46. The van der Waals surface area contributed by atoms with Gasteiger partial charge in [0, 0.05) is 19.6 Å². The van der Waals surface area contributed by atoms with Crippen LogP contribution in [0.2, 0.25) is 0 Å². The van der Waals surface area contributed by atoms with E-state index in [0.717, 1.165) is 11.1 Å². The van der Waals surface area contributed by atoms with Crippen molar-refractivity contribution < 1.29 is 14.6 Å². The number of nitrogens with one attached hydrogen (secondary N) is 2. The number of benzene rings is 2. The van der Waals surface area contributed by atoms with Gasteiger partial charge in [0.05, 0.1) is 12.0 Å². The van der Waals surface area contributed by atoms with E-state index in [1.54, 1.807) is 0 Å². The molecule has 2 aromatic rings. The standard InChI is InChI=1S/C19H22N2O3/c22-18(12-21-19(23)16-10-20-11-16)15-7-4-8-17(9-15)24-13-14-5-2-1-3-6-14/h1-9,16,18,20,22H,10-13H2,(H,21,23). The van der Waals surface area contributed by atoms with Gasteiger partial charge in [-0.15, -0.1) is 0 Å².